The number of amides is 1. The number of nitrogens with zero attached hydrogens (tertiary/aromatic N) is 1. The Bertz CT molecular complexity index is 512. The van der Waals surface area contributed by atoms with Crippen molar-refractivity contribution in [3.8, 4) is 0 Å². The highest BCUT2D eigenvalue weighted by Crippen LogP contribution is 2.16. The summed E-state index contributed by atoms with van der Waals surface area (Å²) in [5.41, 5.74) is 0.774. The van der Waals surface area contributed by atoms with E-state index >= 15 is 0 Å². The quantitative estimate of drug-likeness (QED) is 0.792. The van der Waals surface area contributed by atoms with Crippen LogP contribution in [0.1, 0.15) is 24.8 Å². The summed E-state index contributed by atoms with van der Waals surface area (Å²) < 4.78 is 26.1. The standard InChI is InChI=1S/C16H23F2N3O.2ClH/c1-19-7-4-16(22)20-13-5-8-21(9-6-13)11-12-2-3-14(17)15(18)10-12;;/h2-3,10,13,19H,4-9,11H2,1H3,(H,20,22);2*1H. The summed E-state index contributed by atoms with van der Waals surface area (Å²) in [7, 11) is 1.82. The first kappa shape index (κ1) is 23.1. The average molecular weight is 384 g/mol. The molecule has 1 aromatic carbocycles. The maximum absolute atomic E-state index is 13.2. The monoisotopic (exact) mass is 383 g/mol. The van der Waals surface area contributed by atoms with E-state index in [1.165, 1.54) is 12.1 Å². The molecule has 1 aliphatic heterocycles. The molecule has 8 heteroatoms. The minimum Gasteiger partial charge on any atom is -0.353 e. The van der Waals surface area contributed by atoms with Crippen LogP contribution in [-0.2, 0) is 11.3 Å². The predicted molar refractivity (Wildman–Crippen MR) is 95.8 cm³/mol. The van der Waals surface area contributed by atoms with E-state index in [9.17, 15) is 13.6 Å². The largest absolute Gasteiger partial charge is 0.353 e. The van der Waals surface area contributed by atoms with E-state index in [0.29, 0.717) is 19.5 Å². The van der Waals surface area contributed by atoms with E-state index < -0.39 is 11.6 Å². The summed E-state index contributed by atoms with van der Waals surface area (Å²) in [6.45, 7) is 2.98. The zero-order valence-corrected chi connectivity index (χ0v) is 15.3. The number of benzene rings is 1. The van der Waals surface area contributed by atoms with Gasteiger partial charge in [0.2, 0.25) is 5.91 Å². The SMILES string of the molecule is CNCCC(=O)NC1CCN(Cc2ccc(F)c(F)c2)CC1.Cl.Cl. The Morgan fingerprint density at radius 3 is 2.46 bits per heavy atom. The fraction of sp³-hybridized carbons (Fsp3) is 0.562. The van der Waals surface area contributed by atoms with E-state index in [1.807, 2.05) is 7.05 Å². The summed E-state index contributed by atoms with van der Waals surface area (Å²) in [5, 5.41) is 5.99. The molecule has 1 heterocycles. The highest BCUT2D eigenvalue weighted by atomic mass is 35.5. The molecule has 0 atom stereocenters. The second kappa shape index (κ2) is 11.6. The van der Waals surface area contributed by atoms with E-state index in [-0.39, 0.29) is 36.8 Å². The lowest BCUT2D eigenvalue weighted by Gasteiger charge is -2.32. The van der Waals surface area contributed by atoms with Gasteiger partial charge in [-0.1, -0.05) is 6.07 Å². The molecule has 0 saturated carbocycles. The number of hydrogen-bond acceptors (Lipinski definition) is 3. The maximum Gasteiger partial charge on any atom is 0.221 e. The molecule has 0 bridgehead atoms. The molecule has 1 aliphatic rings. The van der Waals surface area contributed by atoms with Crippen LogP contribution in [-0.4, -0.2) is 43.5 Å². The molecule has 0 spiro atoms. The summed E-state index contributed by atoms with van der Waals surface area (Å²) >= 11 is 0. The van der Waals surface area contributed by atoms with Crippen LogP contribution in [0.25, 0.3) is 0 Å². The Kier molecular flexibility index (Phi) is 11.1. The van der Waals surface area contributed by atoms with Crippen molar-refractivity contribution in [2.45, 2.75) is 31.8 Å². The lowest BCUT2D eigenvalue weighted by Crippen LogP contribution is -2.44. The smallest absolute Gasteiger partial charge is 0.221 e. The normalized spacial score (nSPS) is 15.3. The first-order valence-corrected chi connectivity index (χ1v) is 7.68. The number of piperidine rings is 1. The van der Waals surface area contributed by atoms with Crippen LogP contribution >= 0.6 is 24.8 Å². The Labute approximate surface area is 154 Å². The third-order valence-corrected chi connectivity index (χ3v) is 3.94. The number of halogens is 4. The summed E-state index contributed by atoms with van der Waals surface area (Å²) in [4.78, 5) is 13.9. The van der Waals surface area contributed by atoms with Crippen LogP contribution in [0.3, 0.4) is 0 Å². The number of nitrogens with one attached hydrogen (secondary N) is 2. The van der Waals surface area contributed by atoms with Crippen molar-refractivity contribution in [3.05, 3.63) is 35.4 Å². The van der Waals surface area contributed by atoms with Gasteiger partial charge >= 0.3 is 0 Å². The minimum atomic E-state index is -0.813. The Morgan fingerprint density at radius 1 is 1.21 bits per heavy atom. The first-order chi connectivity index (χ1) is 10.6. The number of carbonyl (C=O) groups is 1. The van der Waals surface area contributed by atoms with Crippen LogP contribution in [0.4, 0.5) is 8.78 Å². The van der Waals surface area contributed by atoms with Crippen LogP contribution in [0.2, 0.25) is 0 Å². The molecule has 1 saturated heterocycles. The van der Waals surface area contributed by atoms with Crippen molar-refractivity contribution in [2.75, 3.05) is 26.7 Å². The average Bonchev–Trinajstić information content (AvgIpc) is 2.51. The molecule has 1 aromatic rings. The van der Waals surface area contributed by atoms with Gasteiger partial charge in [-0.3, -0.25) is 9.69 Å². The van der Waals surface area contributed by atoms with Crippen LogP contribution in [0, 0.1) is 11.6 Å². The minimum absolute atomic E-state index is 0. The van der Waals surface area contributed by atoms with Crippen molar-refractivity contribution < 1.29 is 13.6 Å². The highest BCUT2D eigenvalue weighted by Gasteiger charge is 2.20. The lowest BCUT2D eigenvalue weighted by atomic mass is 10.0. The predicted octanol–water partition coefficient (Wildman–Crippen LogP) is 2.50. The molecule has 0 aromatic heterocycles. The van der Waals surface area contributed by atoms with Crippen LogP contribution in [0.15, 0.2) is 18.2 Å². The third-order valence-electron chi connectivity index (χ3n) is 3.94. The Balaban J connectivity index is 0.00000264. The van der Waals surface area contributed by atoms with E-state index in [0.717, 1.165) is 31.5 Å². The van der Waals surface area contributed by atoms with Gasteiger partial charge in [-0.05, 0) is 37.6 Å². The Hall–Kier alpha value is -0.950. The third kappa shape index (κ3) is 7.30. The number of carbonyl (C=O) groups excluding carboxylic acids is 1. The van der Waals surface area contributed by atoms with Crippen molar-refractivity contribution in [2.24, 2.45) is 0 Å². The van der Waals surface area contributed by atoms with Gasteiger partial charge in [-0.2, -0.15) is 0 Å². The molecular formula is C16H25Cl2F2N3O. The molecule has 1 fully saturated rings. The Morgan fingerprint density at radius 2 is 1.88 bits per heavy atom. The van der Waals surface area contributed by atoms with Gasteiger partial charge in [-0.15, -0.1) is 24.8 Å². The summed E-state index contributed by atoms with van der Waals surface area (Å²) in [5.74, 6) is -1.54. The van der Waals surface area contributed by atoms with Gasteiger partial charge in [0.05, 0.1) is 0 Å². The molecule has 138 valence electrons. The van der Waals surface area contributed by atoms with Crippen LogP contribution < -0.4 is 10.6 Å². The van der Waals surface area contributed by atoms with Gasteiger partial charge in [0.15, 0.2) is 11.6 Å². The fourth-order valence-corrected chi connectivity index (χ4v) is 2.67. The molecule has 24 heavy (non-hydrogen) atoms. The van der Waals surface area contributed by atoms with Gasteiger partial charge < -0.3 is 10.6 Å². The van der Waals surface area contributed by atoms with Gasteiger partial charge in [0, 0.05) is 38.6 Å². The van der Waals surface area contributed by atoms with Crippen molar-refractivity contribution in [1.82, 2.24) is 15.5 Å². The maximum atomic E-state index is 13.2. The molecule has 0 unspecified atom stereocenters. The second-order valence-electron chi connectivity index (χ2n) is 5.72. The van der Waals surface area contributed by atoms with Crippen molar-refractivity contribution in [3.63, 3.8) is 0 Å². The van der Waals surface area contributed by atoms with Crippen molar-refractivity contribution >= 4 is 30.7 Å². The van der Waals surface area contributed by atoms with Crippen LogP contribution in [0.5, 0.6) is 0 Å². The zero-order valence-electron chi connectivity index (χ0n) is 13.7. The summed E-state index contributed by atoms with van der Waals surface area (Å²) in [6.07, 6.45) is 2.26. The molecular weight excluding hydrogens is 359 g/mol. The van der Waals surface area contributed by atoms with Gasteiger partial charge in [0.1, 0.15) is 0 Å². The molecule has 2 N–H and O–H groups in total. The van der Waals surface area contributed by atoms with E-state index in [2.05, 4.69) is 15.5 Å². The molecule has 4 nitrogen and oxygen atoms in total. The molecule has 0 radical (unpaired) electrons. The van der Waals surface area contributed by atoms with E-state index in [4.69, 9.17) is 0 Å². The number of hydrogen-bond donors (Lipinski definition) is 2. The fourth-order valence-electron chi connectivity index (χ4n) is 2.67. The van der Waals surface area contributed by atoms with Crippen molar-refractivity contribution in [1.29, 1.82) is 0 Å². The van der Waals surface area contributed by atoms with Gasteiger partial charge in [-0.25, -0.2) is 8.78 Å². The zero-order chi connectivity index (χ0) is 15.9. The highest BCUT2D eigenvalue weighted by molar-refractivity contribution is 5.85. The number of rotatable bonds is 6. The van der Waals surface area contributed by atoms with E-state index in [1.54, 1.807) is 6.07 Å². The summed E-state index contributed by atoms with van der Waals surface area (Å²) in [6, 6.07) is 4.25. The lowest BCUT2D eigenvalue weighted by molar-refractivity contribution is -0.122. The van der Waals surface area contributed by atoms with Gasteiger partial charge in [0.25, 0.3) is 0 Å². The second-order valence-corrected chi connectivity index (χ2v) is 5.72. The number of likely N-dealkylation sites (tertiary alicyclic amines) is 1. The molecule has 2 rings (SSSR count). The molecule has 1 amide bonds. The molecule has 0 aliphatic carbocycles. The topological polar surface area (TPSA) is 44.4 Å². The first-order valence-electron chi connectivity index (χ1n) is 7.68.